The first-order chi connectivity index (χ1) is 12.1. The maximum Gasteiger partial charge on any atom is 0.243 e. The monoisotopic (exact) mass is 369 g/mol. The number of hydrogen-bond donors (Lipinski definition) is 2. The smallest absolute Gasteiger partial charge is 0.243 e. The number of aromatic nitrogens is 1. The number of pyridine rings is 1. The molecule has 0 saturated heterocycles. The fourth-order valence-corrected chi connectivity index (χ4v) is 3.47. The number of nitrogens with two attached hydrogens (primary N) is 1. The molecule has 1 heterocycles. The van der Waals surface area contributed by atoms with E-state index in [4.69, 9.17) is 17.3 Å². The first kappa shape index (κ1) is 17.3. The van der Waals surface area contributed by atoms with Gasteiger partial charge in [0, 0.05) is 16.8 Å². The highest BCUT2D eigenvalue weighted by Crippen LogP contribution is 2.36. The van der Waals surface area contributed by atoms with Crippen molar-refractivity contribution >= 4 is 40.8 Å². The molecule has 126 valence electrons. The van der Waals surface area contributed by atoms with Gasteiger partial charge < -0.3 is 11.1 Å². The lowest BCUT2D eigenvalue weighted by atomic mass is 10.1. The Hall–Kier alpha value is -2.50. The van der Waals surface area contributed by atoms with Crippen molar-refractivity contribution in [3.05, 3.63) is 83.5 Å². The number of amides is 1. The molecule has 0 spiro atoms. The predicted octanol–water partition coefficient (Wildman–Crippen LogP) is 4.79. The number of carbonyl (C=O) groups is 1. The van der Waals surface area contributed by atoms with Gasteiger partial charge in [-0.2, -0.15) is 0 Å². The van der Waals surface area contributed by atoms with Gasteiger partial charge in [0.1, 0.15) is 11.1 Å². The van der Waals surface area contributed by atoms with Gasteiger partial charge in [0.2, 0.25) is 5.91 Å². The first-order valence-electron chi connectivity index (χ1n) is 7.61. The number of nitrogens with zero attached hydrogens (tertiary/aromatic N) is 1. The van der Waals surface area contributed by atoms with Crippen LogP contribution in [0.2, 0.25) is 5.02 Å². The standard InChI is InChI=1S/C19H16ClN3OS/c20-14-9-10-17(22-12-14)23-19(24)18(13-5-2-1-3-6-13)25-16-8-4-7-15(21)11-16/h1-12,18H,21H2,(H,22,23,24). The topological polar surface area (TPSA) is 68.0 Å². The number of hydrogen-bond acceptors (Lipinski definition) is 4. The molecule has 3 rings (SSSR count). The van der Waals surface area contributed by atoms with E-state index in [2.05, 4.69) is 10.3 Å². The molecular formula is C19H16ClN3OS. The molecule has 0 fully saturated rings. The highest BCUT2D eigenvalue weighted by atomic mass is 35.5. The SMILES string of the molecule is Nc1cccc(SC(C(=O)Nc2ccc(Cl)cn2)c2ccccc2)c1. The quantitative estimate of drug-likeness (QED) is 0.501. The molecule has 3 aromatic rings. The summed E-state index contributed by atoms with van der Waals surface area (Å²) in [6.45, 7) is 0. The highest BCUT2D eigenvalue weighted by Gasteiger charge is 2.22. The molecule has 4 nitrogen and oxygen atoms in total. The van der Waals surface area contributed by atoms with Gasteiger partial charge in [-0.1, -0.05) is 48.0 Å². The second-order valence-corrected chi connectivity index (χ2v) is 6.95. The molecule has 1 amide bonds. The molecule has 0 radical (unpaired) electrons. The van der Waals surface area contributed by atoms with Crippen LogP contribution in [-0.2, 0) is 4.79 Å². The fraction of sp³-hybridized carbons (Fsp3) is 0.0526. The Morgan fingerprint density at radius 3 is 2.56 bits per heavy atom. The number of nitrogens with one attached hydrogen (secondary N) is 1. The molecule has 3 N–H and O–H groups in total. The van der Waals surface area contributed by atoms with E-state index in [9.17, 15) is 4.79 Å². The van der Waals surface area contributed by atoms with Crippen LogP contribution in [0.5, 0.6) is 0 Å². The van der Waals surface area contributed by atoms with E-state index >= 15 is 0 Å². The largest absolute Gasteiger partial charge is 0.399 e. The molecule has 0 bridgehead atoms. The van der Waals surface area contributed by atoms with Crippen molar-refractivity contribution in [3.8, 4) is 0 Å². The van der Waals surface area contributed by atoms with Crippen LogP contribution < -0.4 is 11.1 Å². The minimum atomic E-state index is -0.430. The Bertz CT molecular complexity index is 856. The van der Waals surface area contributed by atoms with Crippen molar-refractivity contribution in [1.29, 1.82) is 0 Å². The van der Waals surface area contributed by atoms with E-state index in [0.29, 0.717) is 16.5 Å². The van der Waals surface area contributed by atoms with Crippen LogP contribution in [0.4, 0.5) is 11.5 Å². The Labute approximate surface area is 155 Å². The average Bonchev–Trinajstić information content (AvgIpc) is 2.62. The van der Waals surface area contributed by atoms with Crippen molar-refractivity contribution < 1.29 is 4.79 Å². The Kier molecular flexibility index (Phi) is 5.58. The van der Waals surface area contributed by atoms with E-state index in [1.807, 2.05) is 54.6 Å². The van der Waals surface area contributed by atoms with E-state index in [-0.39, 0.29) is 5.91 Å². The van der Waals surface area contributed by atoms with Crippen LogP contribution in [0.1, 0.15) is 10.8 Å². The molecule has 0 saturated carbocycles. The van der Waals surface area contributed by atoms with Crippen molar-refractivity contribution in [2.24, 2.45) is 0 Å². The Morgan fingerprint density at radius 2 is 1.88 bits per heavy atom. The Balaban J connectivity index is 1.85. The second kappa shape index (κ2) is 8.05. The van der Waals surface area contributed by atoms with Crippen LogP contribution in [0.3, 0.4) is 0 Å². The predicted molar refractivity (Wildman–Crippen MR) is 104 cm³/mol. The third kappa shape index (κ3) is 4.75. The van der Waals surface area contributed by atoms with Gasteiger partial charge in [-0.05, 0) is 35.9 Å². The molecule has 1 unspecified atom stereocenters. The van der Waals surface area contributed by atoms with Crippen LogP contribution in [-0.4, -0.2) is 10.9 Å². The van der Waals surface area contributed by atoms with Gasteiger partial charge in [-0.3, -0.25) is 4.79 Å². The molecule has 0 aliphatic heterocycles. The van der Waals surface area contributed by atoms with Crippen molar-refractivity contribution in [3.63, 3.8) is 0 Å². The molecule has 6 heteroatoms. The number of halogens is 1. The summed E-state index contributed by atoms with van der Waals surface area (Å²) in [6.07, 6.45) is 1.50. The summed E-state index contributed by atoms with van der Waals surface area (Å²) in [5, 5.41) is 2.93. The molecular weight excluding hydrogens is 354 g/mol. The lowest BCUT2D eigenvalue weighted by Crippen LogP contribution is -2.19. The molecule has 1 atom stereocenters. The minimum absolute atomic E-state index is 0.159. The number of carbonyl (C=O) groups excluding carboxylic acids is 1. The third-order valence-corrected chi connectivity index (χ3v) is 4.90. The van der Waals surface area contributed by atoms with Gasteiger partial charge in [0.25, 0.3) is 0 Å². The molecule has 25 heavy (non-hydrogen) atoms. The van der Waals surface area contributed by atoms with Crippen LogP contribution in [0.15, 0.2) is 77.8 Å². The summed E-state index contributed by atoms with van der Waals surface area (Å²) in [5.41, 5.74) is 7.42. The summed E-state index contributed by atoms with van der Waals surface area (Å²) in [6, 6.07) is 20.4. The fourth-order valence-electron chi connectivity index (χ4n) is 2.27. The zero-order valence-corrected chi connectivity index (χ0v) is 14.8. The van der Waals surface area contributed by atoms with Crippen LogP contribution in [0, 0.1) is 0 Å². The summed E-state index contributed by atoms with van der Waals surface area (Å²) >= 11 is 7.28. The lowest BCUT2D eigenvalue weighted by molar-refractivity contribution is -0.115. The maximum absolute atomic E-state index is 12.9. The van der Waals surface area contributed by atoms with Crippen molar-refractivity contribution in [1.82, 2.24) is 4.98 Å². The van der Waals surface area contributed by atoms with E-state index < -0.39 is 5.25 Å². The van der Waals surface area contributed by atoms with Gasteiger partial charge in [0.05, 0.1) is 5.02 Å². The first-order valence-corrected chi connectivity index (χ1v) is 8.87. The van der Waals surface area contributed by atoms with E-state index in [1.165, 1.54) is 18.0 Å². The second-order valence-electron chi connectivity index (χ2n) is 5.33. The minimum Gasteiger partial charge on any atom is -0.399 e. The lowest BCUT2D eigenvalue weighted by Gasteiger charge is -2.17. The number of rotatable bonds is 5. The number of thioether (sulfide) groups is 1. The summed E-state index contributed by atoms with van der Waals surface area (Å²) in [5.74, 6) is 0.303. The summed E-state index contributed by atoms with van der Waals surface area (Å²) in [7, 11) is 0. The third-order valence-electron chi connectivity index (χ3n) is 3.43. The van der Waals surface area contributed by atoms with Gasteiger partial charge in [-0.15, -0.1) is 11.8 Å². The van der Waals surface area contributed by atoms with Gasteiger partial charge in [0.15, 0.2) is 0 Å². The van der Waals surface area contributed by atoms with Gasteiger partial charge >= 0.3 is 0 Å². The van der Waals surface area contributed by atoms with E-state index in [1.54, 1.807) is 12.1 Å². The molecule has 0 aliphatic rings. The van der Waals surface area contributed by atoms with Crippen molar-refractivity contribution in [2.45, 2.75) is 10.1 Å². The zero-order chi connectivity index (χ0) is 17.6. The number of anilines is 2. The van der Waals surface area contributed by atoms with Gasteiger partial charge in [-0.25, -0.2) is 4.98 Å². The zero-order valence-electron chi connectivity index (χ0n) is 13.2. The maximum atomic E-state index is 12.9. The normalized spacial score (nSPS) is 11.7. The van der Waals surface area contributed by atoms with Crippen LogP contribution in [0.25, 0.3) is 0 Å². The molecule has 2 aromatic carbocycles. The van der Waals surface area contributed by atoms with Crippen LogP contribution >= 0.6 is 23.4 Å². The number of benzene rings is 2. The van der Waals surface area contributed by atoms with Crippen molar-refractivity contribution in [2.75, 3.05) is 11.1 Å². The highest BCUT2D eigenvalue weighted by molar-refractivity contribution is 8.00. The van der Waals surface area contributed by atoms with E-state index in [0.717, 1.165) is 10.5 Å². The summed E-state index contributed by atoms with van der Waals surface area (Å²) in [4.78, 5) is 17.9. The Morgan fingerprint density at radius 1 is 1.08 bits per heavy atom. The molecule has 0 aliphatic carbocycles. The number of nitrogen functional groups attached to an aromatic ring is 1. The average molecular weight is 370 g/mol. The summed E-state index contributed by atoms with van der Waals surface area (Å²) < 4.78 is 0. The molecule has 1 aromatic heterocycles.